The Morgan fingerprint density at radius 3 is 2.15 bits per heavy atom. The minimum atomic E-state index is -3.93. The molecule has 7 heteroatoms. The lowest BCUT2D eigenvalue weighted by Crippen LogP contribution is -2.15. The smallest absolute Gasteiger partial charge is 0.262 e. The lowest BCUT2D eigenvalue weighted by molar-refractivity contribution is 0.103. The number of nitrogens with one attached hydrogen (secondary N) is 1. The van der Waals surface area contributed by atoms with Gasteiger partial charge < -0.3 is 0 Å². The zero-order valence-electron chi connectivity index (χ0n) is 14.2. The van der Waals surface area contributed by atoms with Crippen LogP contribution in [0, 0.1) is 12.7 Å². The molecule has 0 saturated heterocycles. The number of hydrogen-bond acceptors (Lipinski definition) is 3. The van der Waals surface area contributed by atoms with E-state index in [2.05, 4.69) is 20.7 Å². The summed E-state index contributed by atoms with van der Waals surface area (Å²) in [5.74, 6) is -0.739. The molecule has 0 atom stereocenters. The van der Waals surface area contributed by atoms with Gasteiger partial charge in [-0.05, 0) is 67.1 Å². The number of hydrogen-bond donors (Lipinski definition) is 1. The molecule has 0 aliphatic heterocycles. The van der Waals surface area contributed by atoms with Gasteiger partial charge in [0.2, 0.25) is 0 Å². The molecule has 1 N–H and O–H groups in total. The standard InChI is InChI=1S/C20H15BrFNO3S/c1-13-2-3-15(20(24)14-4-6-16(21)7-5-14)12-19(13)27(25,26)23-18-10-8-17(22)9-11-18/h2-12,23H,1H3. The first kappa shape index (κ1) is 19.3. The van der Waals surface area contributed by atoms with Crippen molar-refractivity contribution < 1.29 is 17.6 Å². The molecule has 138 valence electrons. The molecule has 0 aliphatic rings. The van der Waals surface area contributed by atoms with Gasteiger partial charge in [-0.15, -0.1) is 0 Å². The molecule has 3 rings (SSSR count). The summed E-state index contributed by atoms with van der Waals surface area (Å²) in [6, 6.07) is 16.3. The highest BCUT2D eigenvalue weighted by Gasteiger charge is 2.20. The summed E-state index contributed by atoms with van der Waals surface area (Å²) in [6.45, 7) is 1.65. The van der Waals surface area contributed by atoms with E-state index in [4.69, 9.17) is 0 Å². The number of aryl methyl sites for hydroxylation is 1. The zero-order valence-corrected chi connectivity index (χ0v) is 16.6. The Labute approximate surface area is 165 Å². The van der Waals surface area contributed by atoms with Crippen LogP contribution < -0.4 is 4.72 Å². The zero-order chi connectivity index (χ0) is 19.6. The van der Waals surface area contributed by atoms with E-state index < -0.39 is 15.8 Å². The number of rotatable bonds is 5. The summed E-state index contributed by atoms with van der Waals surface area (Å²) < 4.78 is 41.7. The van der Waals surface area contributed by atoms with Gasteiger partial charge in [-0.25, -0.2) is 12.8 Å². The number of sulfonamides is 1. The highest BCUT2D eigenvalue weighted by Crippen LogP contribution is 2.23. The Morgan fingerprint density at radius 1 is 0.926 bits per heavy atom. The van der Waals surface area contributed by atoms with E-state index in [1.807, 2.05) is 0 Å². The quantitative estimate of drug-likeness (QED) is 0.564. The van der Waals surface area contributed by atoms with Crippen molar-refractivity contribution in [3.8, 4) is 0 Å². The van der Waals surface area contributed by atoms with Crippen LogP contribution >= 0.6 is 15.9 Å². The molecule has 0 aliphatic carbocycles. The second kappa shape index (κ2) is 7.62. The molecule has 0 spiro atoms. The number of carbonyl (C=O) groups excluding carboxylic acids is 1. The summed E-state index contributed by atoms with van der Waals surface area (Å²) in [4.78, 5) is 12.7. The minimum Gasteiger partial charge on any atom is -0.289 e. The van der Waals surface area contributed by atoms with Gasteiger partial charge in [-0.3, -0.25) is 9.52 Å². The second-order valence-electron chi connectivity index (χ2n) is 5.93. The van der Waals surface area contributed by atoms with Crippen LogP contribution in [0.25, 0.3) is 0 Å². The lowest BCUT2D eigenvalue weighted by atomic mass is 10.0. The van der Waals surface area contributed by atoms with E-state index in [-0.39, 0.29) is 21.9 Å². The van der Waals surface area contributed by atoms with Crippen LogP contribution in [0.5, 0.6) is 0 Å². The van der Waals surface area contributed by atoms with E-state index >= 15 is 0 Å². The first-order valence-electron chi connectivity index (χ1n) is 7.95. The molecule has 0 unspecified atom stereocenters. The second-order valence-corrected chi connectivity index (χ2v) is 8.50. The average molecular weight is 448 g/mol. The van der Waals surface area contributed by atoms with Crippen LogP contribution in [0.15, 0.2) is 76.1 Å². The molecule has 27 heavy (non-hydrogen) atoms. The van der Waals surface area contributed by atoms with E-state index in [0.717, 1.165) is 16.6 Å². The van der Waals surface area contributed by atoms with Crippen molar-refractivity contribution in [2.24, 2.45) is 0 Å². The minimum absolute atomic E-state index is 0.00483. The molecule has 0 saturated carbocycles. The molecule has 0 fully saturated rings. The maximum atomic E-state index is 13.0. The molecule has 4 nitrogen and oxygen atoms in total. The maximum absolute atomic E-state index is 13.0. The van der Waals surface area contributed by atoms with Crippen LogP contribution in [0.2, 0.25) is 0 Å². The van der Waals surface area contributed by atoms with Gasteiger partial charge in [0.15, 0.2) is 5.78 Å². The first-order valence-corrected chi connectivity index (χ1v) is 10.2. The summed E-state index contributed by atoms with van der Waals surface area (Å²) in [5.41, 5.74) is 1.46. The number of benzene rings is 3. The fourth-order valence-electron chi connectivity index (χ4n) is 2.53. The third kappa shape index (κ3) is 4.43. The summed E-state index contributed by atoms with van der Waals surface area (Å²) >= 11 is 3.31. The van der Waals surface area contributed by atoms with Crippen LogP contribution in [0.3, 0.4) is 0 Å². The summed E-state index contributed by atoms with van der Waals surface area (Å²) in [6.07, 6.45) is 0. The van der Waals surface area contributed by atoms with Gasteiger partial charge >= 0.3 is 0 Å². The molecule has 3 aromatic rings. The molecular formula is C20H15BrFNO3S. The van der Waals surface area contributed by atoms with Crippen LogP contribution in [-0.2, 0) is 10.0 Å². The Bertz CT molecular complexity index is 1100. The largest absolute Gasteiger partial charge is 0.289 e. The van der Waals surface area contributed by atoms with Crippen molar-refractivity contribution in [1.82, 2.24) is 0 Å². The van der Waals surface area contributed by atoms with Gasteiger partial charge in [-0.2, -0.15) is 0 Å². The fourth-order valence-corrected chi connectivity index (χ4v) is 4.12. The highest BCUT2D eigenvalue weighted by atomic mass is 79.9. The maximum Gasteiger partial charge on any atom is 0.262 e. The van der Waals surface area contributed by atoms with Crippen molar-refractivity contribution in [2.75, 3.05) is 4.72 Å². The Morgan fingerprint density at radius 2 is 1.52 bits per heavy atom. The van der Waals surface area contributed by atoms with E-state index in [1.54, 1.807) is 43.3 Å². The molecular weight excluding hydrogens is 433 g/mol. The summed E-state index contributed by atoms with van der Waals surface area (Å²) in [7, 11) is -3.93. The van der Waals surface area contributed by atoms with Crippen LogP contribution in [-0.4, -0.2) is 14.2 Å². The monoisotopic (exact) mass is 447 g/mol. The van der Waals surface area contributed by atoms with Crippen LogP contribution in [0.1, 0.15) is 21.5 Å². The topological polar surface area (TPSA) is 63.2 Å². The van der Waals surface area contributed by atoms with Crippen molar-refractivity contribution in [3.05, 3.63) is 93.7 Å². The van der Waals surface area contributed by atoms with Gasteiger partial charge in [0.1, 0.15) is 5.82 Å². The van der Waals surface area contributed by atoms with Gasteiger partial charge in [0, 0.05) is 21.3 Å². The van der Waals surface area contributed by atoms with E-state index in [1.165, 1.54) is 18.2 Å². The molecule has 0 heterocycles. The predicted octanol–water partition coefficient (Wildman–Crippen LogP) is 4.93. The number of ketones is 1. The average Bonchev–Trinajstić information content (AvgIpc) is 2.64. The Kier molecular flexibility index (Phi) is 5.43. The van der Waals surface area contributed by atoms with Crippen molar-refractivity contribution in [1.29, 1.82) is 0 Å². The molecule has 0 bridgehead atoms. The summed E-state index contributed by atoms with van der Waals surface area (Å²) in [5, 5.41) is 0. The molecule has 0 aromatic heterocycles. The number of anilines is 1. The third-order valence-electron chi connectivity index (χ3n) is 3.94. The highest BCUT2D eigenvalue weighted by molar-refractivity contribution is 9.10. The number of carbonyl (C=O) groups is 1. The van der Waals surface area contributed by atoms with E-state index in [0.29, 0.717) is 11.1 Å². The first-order chi connectivity index (χ1) is 12.8. The third-order valence-corrected chi connectivity index (χ3v) is 5.99. The van der Waals surface area contributed by atoms with Crippen LogP contribution in [0.4, 0.5) is 10.1 Å². The predicted molar refractivity (Wildman–Crippen MR) is 106 cm³/mol. The lowest BCUT2D eigenvalue weighted by Gasteiger charge is -2.12. The van der Waals surface area contributed by atoms with Gasteiger partial charge in [-0.1, -0.05) is 28.1 Å². The van der Waals surface area contributed by atoms with Gasteiger partial charge in [0.05, 0.1) is 4.90 Å². The Balaban J connectivity index is 1.95. The normalized spacial score (nSPS) is 11.2. The van der Waals surface area contributed by atoms with Crippen molar-refractivity contribution in [3.63, 3.8) is 0 Å². The van der Waals surface area contributed by atoms with E-state index in [9.17, 15) is 17.6 Å². The molecule has 0 radical (unpaired) electrons. The van der Waals surface area contributed by atoms with Gasteiger partial charge in [0.25, 0.3) is 10.0 Å². The fraction of sp³-hybridized carbons (Fsp3) is 0.0500. The van der Waals surface area contributed by atoms with Crippen molar-refractivity contribution in [2.45, 2.75) is 11.8 Å². The Hall–Kier alpha value is -2.51. The van der Waals surface area contributed by atoms with Crippen molar-refractivity contribution >= 4 is 37.4 Å². The molecule has 3 aromatic carbocycles. The number of halogens is 2. The SMILES string of the molecule is Cc1ccc(C(=O)c2ccc(Br)cc2)cc1S(=O)(=O)Nc1ccc(F)cc1. The molecule has 0 amide bonds.